The fourth-order valence-corrected chi connectivity index (χ4v) is 7.72. The molecule has 0 spiro atoms. The van der Waals surface area contributed by atoms with Crippen molar-refractivity contribution in [3.8, 4) is 5.75 Å². The zero-order valence-corrected chi connectivity index (χ0v) is 24.5. The van der Waals surface area contributed by atoms with E-state index in [-0.39, 0.29) is 45.8 Å². The summed E-state index contributed by atoms with van der Waals surface area (Å²) in [4.78, 5) is 14.9. The second-order valence-electron chi connectivity index (χ2n) is 9.58. The Labute approximate surface area is 237 Å². The number of carbonyl (C=O) groups excluding carboxylic acids is 1. The molecule has 3 aromatic rings. The normalized spacial score (nSPS) is 18.9. The average Bonchev–Trinajstić information content (AvgIpc) is 3.47. The molecule has 0 fully saturated rings. The monoisotopic (exact) mass is 611 g/mol. The molecule has 1 aliphatic heterocycles. The molecular formula is C26H30FN3O7S3. The summed E-state index contributed by atoms with van der Waals surface area (Å²) in [5.74, 6) is -1.58. The maximum Gasteiger partial charge on any atom is 0.262 e. The maximum absolute atomic E-state index is 13.6. The van der Waals surface area contributed by atoms with Crippen molar-refractivity contribution in [3.63, 3.8) is 0 Å². The number of aliphatic hydroxyl groups is 1. The number of nitrogens with zero attached hydrogens (tertiary/aromatic N) is 2. The number of fused-ring (bicyclic) bond motifs is 1. The van der Waals surface area contributed by atoms with Crippen LogP contribution in [0.4, 0.5) is 10.1 Å². The molecule has 0 radical (unpaired) electrons. The van der Waals surface area contributed by atoms with E-state index in [1.807, 2.05) is 0 Å². The molecule has 1 amide bonds. The fourth-order valence-electron chi connectivity index (χ4n) is 4.27. The first-order valence-corrected chi connectivity index (χ1v) is 16.1. The van der Waals surface area contributed by atoms with E-state index < -0.39 is 49.8 Å². The predicted octanol–water partition coefficient (Wildman–Crippen LogP) is 3.23. The highest BCUT2D eigenvalue weighted by Crippen LogP contribution is 2.36. The number of thiophene rings is 1. The summed E-state index contributed by atoms with van der Waals surface area (Å²) in [7, 11) is -6.62. The largest absolute Gasteiger partial charge is 0.486 e. The molecular weight excluding hydrogens is 581 g/mol. The molecule has 0 saturated heterocycles. The number of sulfonamides is 2. The number of amides is 1. The van der Waals surface area contributed by atoms with Gasteiger partial charge in [-0.2, -0.15) is 4.31 Å². The molecule has 0 unspecified atom stereocenters. The number of hydrogen-bond acceptors (Lipinski definition) is 8. The molecule has 2 aromatic carbocycles. The summed E-state index contributed by atoms with van der Waals surface area (Å²) in [6, 6.07) is 11.2. The SMILES string of the molecule is C[C@H](CO)N1C[C@H](C)[C@H](CN(C)S(=O)(=O)c2cccs2)Oc2c(NS(=O)(=O)c3ccc(F)cc3)cccc2C1=O. The van der Waals surface area contributed by atoms with Crippen molar-refractivity contribution in [2.75, 3.05) is 31.5 Å². The zero-order chi connectivity index (χ0) is 29.2. The molecule has 2 heterocycles. The topological polar surface area (TPSA) is 133 Å². The van der Waals surface area contributed by atoms with Crippen molar-refractivity contribution in [2.45, 2.75) is 35.1 Å². The van der Waals surface area contributed by atoms with Gasteiger partial charge in [-0.1, -0.05) is 19.1 Å². The van der Waals surface area contributed by atoms with E-state index >= 15 is 0 Å². The van der Waals surface area contributed by atoms with Crippen LogP contribution in [0.25, 0.3) is 0 Å². The quantitative estimate of drug-likeness (QED) is 0.380. The Morgan fingerprint density at radius 1 is 1.15 bits per heavy atom. The van der Waals surface area contributed by atoms with E-state index in [9.17, 15) is 31.1 Å². The van der Waals surface area contributed by atoms with Crippen LogP contribution in [0, 0.1) is 11.7 Å². The first-order chi connectivity index (χ1) is 18.8. The number of ether oxygens (including phenoxy) is 1. The molecule has 0 aliphatic carbocycles. The second-order valence-corrected chi connectivity index (χ2v) is 14.5. The van der Waals surface area contributed by atoms with Crippen LogP contribution in [0.2, 0.25) is 0 Å². The van der Waals surface area contributed by atoms with Crippen LogP contribution in [0.5, 0.6) is 5.75 Å². The van der Waals surface area contributed by atoms with Crippen molar-refractivity contribution in [3.05, 3.63) is 71.4 Å². The molecule has 14 heteroatoms. The van der Waals surface area contributed by atoms with Gasteiger partial charge in [-0.05, 0) is 54.8 Å². The van der Waals surface area contributed by atoms with Crippen molar-refractivity contribution >= 4 is 43.0 Å². The number of rotatable bonds is 9. The molecule has 1 aromatic heterocycles. The van der Waals surface area contributed by atoms with E-state index in [0.29, 0.717) is 0 Å². The molecule has 216 valence electrons. The van der Waals surface area contributed by atoms with Gasteiger partial charge in [0.05, 0.1) is 35.3 Å². The first-order valence-electron chi connectivity index (χ1n) is 12.3. The lowest BCUT2D eigenvalue weighted by Gasteiger charge is -2.38. The van der Waals surface area contributed by atoms with Gasteiger partial charge in [0.25, 0.3) is 26.0 Å². The number of aliphatic hydroxyl groups excluding tert-OH is 1. The number of nitrogens with one attached hydrogen (secondary N) is 1. The maximum atomic E-state index is 13.6. The van der Waals surface area contributed by atoms with Crippen molar-refractivity contribution in [2.24, 2.45) is 5.92 Å². The first kappa shape index (κ1) is 29.9. The molecule has 10 nitrogen and oxygen atoms in total. The highest BCUT2D eigenvalue weighted by molar-refractivity contribution is 7.92. The van der Waals surface area contributed by atoms with E-state index in [2.05, 4.69) is 4.72 Å². The van der Waals surface area contributed by atoms with Crippen LogP contribution >= 0.6 is 11.3 Å². The third-order valence-electron chi connectivity index (χ3n) is 6.66. The van der Waals surface area contributed by atoms with Crippen LogP contribution < -0.4 is 9.46 Å². The number of halogens is 1. The second kappa shape index (κ2) is 11.8. The highest BCUT2D eigenvalue weighted by atomic mass is 32.2. The molecule has 3 atom stereocenters. The van der Waals surface area contributed by atoms with Crippen LogP contribution in [0.15, 0.2) is 69.1 Å². The van der Waals surface area contributed by atoms with Gasteiger partial charge in [0.1, 0.15) is 16.1 Å². The van der Waals surface area contributed by atoms with Crippen LogP contribution in [-0.4, -0.2) is 75.9 Å². The van der Waals surface area contributed by atoms with Gasteiger partial charge in [-0.3, -0.25) is 9.52 Å². The smallest absolute Gasteiger partial charge is 0.262 e. The minimum Gasteiger partial charge on any atom is -0.486 e. The van der Waals surface area contributed by atoms with Gasteiger partial charge in [-0.15, -0.1) is 11.3 Å². The van der Waals surface area contributed by atoms with Crippen molar-refractivity contribution in [1.82, 2.24) is 9.21 Å². The third-order valence-corrected chi connectivity index (χ3v) is 11.2. The Balaban J connectivity index is 1.76. The molecule has 0 bridgehead atoms. The lowest BCUT2D eigenvalue weighted by molar-refractivity contribution is 0.0389. The number of carbonyl (C=O) groups is 1. The summed E-state index contributed by atoms with van der Waals surface area (Å²) < 4.78 is 76.0. The molecule has 40 heavy (non-hydrogen) atoms. The minimum absolute atomic E-state index is 0.0419. The lowest BCUT2D eigenvalue weighted by atomic mass is 9.99. The Morgan fingerprint density at radius 2 is 1.85 bits per heavy atom. The zero-order valence-electron chi connectivity index (χ0n) is 22.0. The summed E-state index contributed by atoms with van der Waals surface area (Å²) >= 11 is 1.08. The van der Waals surface area contributed by atoms with Crippen LogP contribution in [0.3, 0.4) is 0 Å². The van der Waals surface area contributed by atoms with Crippen LogP contribution in [0.1, 0.15) is 24.2 Å². The summed E-state index contributed by atoms with van der Waals surface area (Å²) in [6.07, 6.45) is -0.809. The van der Waals surface area contributed by atoms with Crippen molar-refractivity contribution < 1.29 is 35.9 Å². The van der Waals surface area contributed by atoms with Gasteiger partial charge in [0.2, 0.25) is 0 Å². The number of para-hydroxylation sites is 1. The number of hydrogen-bond donors (Lipinski definition) is 2. The Bertz CT molecular complexity index is 1560. The third kappa shape index (κ3) is 6.15. The Morgan fingerprint density at radius 3 is 2.48 bits per heavy atom. The van der Waals surface area contributed by atoms with Crippen LogP contribution in [-0.2, 0) is 20.0 Å². The standard InChI is InChI=1S/C26H30FN3O7S3/c1-17-14-30(18(2)16-31)26(32)21-6-4-7-22(28-39(33,34)20-11-9-19(27)10-12-20)25(21)37-23(17)15-29(3)40(35,36)24-8-5-13-38-24/h4-13,17-18,23,28,31H,14-16H2,1-3H3/t17-,18+,23-/m0/s1. The highest BCUT2D eigenvalue weighted by Gasteiger charge is 2.36. The van der Waals surface area contributed by atoms with Gasteiger partial charge >= 0.3 is 0 Å². The van der Waals surface area contributed by atoms with Gasteiger partial charge in [-0.25, -0.2) is 21.2 Å². The van der Waals surface area contributed by atoms with E-state index in [0.717, 1.165) is 39.9 Å². The molecule has 2 N–H and O–H groups in total. The van der Waals surface area contributed by atoms with Gasteiger partial charge in [0.15, 0.2) is 5.75 Å². The summed E-state index contributed by atoms with van der Waals surface area (Å²) in [5.41, 5.74) is -0.00471. The minimum atomic E-state index is -4.21. The van der Waals surface area contributed by atoms with Crippen molar-refractivity contribution in [1.29, 1.82) is 0 Å². The molecule has 1 aliphatic rings. The van der Waals surface area contributed by atoms with E-state index in [1.54, 1.807) is 25.3 Å². The summed E-state index contributed by atoms with van der Waals surface area (Å²) in [5, 5.41) is 11.5. The van der Waals surface area contributed by atoms with Gasteiger partial charge in [0, 0.05) is 19.5 Å². The predicted molar refractivity (Wildman–Crippen MR) is 149 cm³/mol. The fraction of sp³-hybridized carbons (Fsp3) is 0.346. The van der Waals surface area contributed by atoms with E-state index in [4.69, 9.17) is 4.74 Å². The number of anilines is 1. The molecule has 0 saturated carbocycles. The van der Waals surface area contributed by atoms with E-state index in [1.165, 1.54) is 36.2 Å². The summed E-state index contributed by atoms with van der Waals surface area (Å²) in [6.45, 7) is 3.20. The Hall–Kier alpha value is -3.04. The number of likely N-dealkylation sites (N-methyl/N-ethyl adjacent to an activating group) is 1. The average molecular weight is 612 g/mol. The Kier molecular flexibility index (Phi) is 8.85. The molecule has 4 rings (SSSR count). The number of benzene rings is 2. The van der Waals surface area contributed by atoms with Gasteiger partial charge < -0.3 is 14.7 Å². The lowest BCUT2D eigenvalue weighted by Crippen LogP contribution is -2.50.